The fourth-order valence-corrected chi connectivity index (χ4v) is 3.93. The third-order valence-electron chi connectivity index (χ3n) is 4.30. The number of amidine groups is 1. The van der Waals surface area contributed by atoms with Crippen molar-refractivity contribution in [2.45, 2.75) is 43.4 Å². The van der Waals surface area contributed by atoms with E-state index >= 15 is 0 Å². The van der Waals surface area contributed by atoms with Gasteiger partial charge in [-0.15, -0.1) is 0 Å². The van der Waals surface area contributed by atoms with Gasteiger partial charge in [0.1, 0.15) is 0 Å². The van der Waals surface area contributed by atoms with E-state index in [-0.39, 0.29) is 5.84 Å². The van der Waals surface area contributed by atoms with Crippen molar-refractivity contribution in [2.24, 2.45) is 10.9 Å². The molecule has 0 heterocycles. The first-order valence-corrected chi connectivity index (χ1v) is 8.74. The third-order valence-corrected chi connectivity index (χ3v) is 5.72. The van der Waals surface area contributed by atoms with Gasteiger partial charge in [0.25, 0.3) is 0 Å². The molecular formula is C16H25N3OS. The Kier molecular flexibility index (Phi) is 5.94. The maximum absolute atomic E-state index is 8.74. The van der Waals surface area contributed by atoms with Gasteiger partial charge in [-0.25, -0.2) is 0 Å². The number of nitrogens with one attached hydrogen (secondary N) is 1. The third kappa shape index (κ3) is 4.38. The van der Waals surface area contributed by atoms with Crippen LogP contribution < -0.4 is 11.1 Å². The van der Waals surface area contributed by atoms with Crippen molar-refractivity contribution in [3.8, 4) is 0 Å². The summed E-state index contributed by atoms with van der Waals surface area (Å²) in [6.07, 6.45) is 8.93. The molecule has 1 aliphatic rings. The zero-order valence-corrected chi connectivity index (χ0v) is 13.5. The maximum Gasteiger partial charge on any atom is 0.170 e. The van der Waals surface area contributed by atoms with Gasteiger partial charge in [0.2, 0.25) is 0 Å². The van der Waals surface area contributed by atoms with E-state index in [0.717, 1.165) is 24.2 Å². The number of thioether (sulfide) groups is 1. The zero-order valence-electron chi connectivity index (χ0n) is 12.6. The molecule has 0 saturated heterocycles. The van der Waals surface area contributed by atoms with Crippen molar-refractivity contribution < 1.29 is 5.21 Å². The second-order valence-corrected chi connectivity index (χ2v) is 7.01. The smallest absolute Gasteiger partial charge is 0.170 e. The van der Waals surface area contributed by atoms with Crippen LogP contribution in [-0.4, -0.2) is 28.6 Å². The molecule has 116 valence electrons. The van der Waals surface area contributed by atoms with Crippen LogP contribution in [0.5, 0.6) is 0 Å². The predicted octanol–water partition coefficient (Wildman–Crippen LogP) is 2.94. The first-order chi connectivity index (χ1) is 10.2. The predicted molar refractivity (Wildman–Crippen MR) is 90.0 cm³/mol. The normalized spacial score (nSPS) is 18.6. The van der Waals surface area contributed by atoms with Crippen molar-refractivity contribution in [1.29, 1.82) is 0 Å². The Hall–Kier alpha value is -1.20. The van der Waals surface area contributed by atoms with Gasteiger partial charge in [-0.2, -0.15) is 11.8 Å². The Bertz CT molecular complexity index is 484. The lowest BCUT2D eigenvalue weighted by atomic mass is 9.88. The number of hydrogen-bond acceptors (Lipinski definition) is 4. The molecule has 1 aromatic carbocycles. The van der Waals surface area contributed by atoms with Crippen LogP contribution in [0, 0.1) is 0 Å². The van der Waals surface area contributed by atoms with Gasteiger partial charge in [0, 0.05) is 23.4 Å². The molecule has 5 heteroatoms. The molecule has 0 atom stereocenters. The van der Waals surface area contributed by atoms with Crippen LogP contribution in [0.2, 0.25) is 0 Å². The maximum atomic E-state index is 8.74. The van der Waals surface area contributed by atoms with E-state index in [4.69, 9.17) is 10.9 Å². The van der Waals surface area contributed by atoms with E-state index in [1.165, 1.54) is 32.1 Å². The summed E-state index contributed by atoms with van der Waals surface area (Å²) in [6.45, 7) is 1.86. The highest BCUT2D eigenvalue weighted by Gasteiger charge is 2.30. The molecule has 0 spiro atoms. The van der Waals surface area contributed by atoms with Crippen LogP contribution in [0.1, 0.15) is 43.2 Å². The minimum atomic E-state index is 0.157. The molecule has 1 aliphatic carbocycles. The van der Waals surface area contributed by atoms with Crippen molar-refractivity contribution in [3.05, 3.63) is 35.4 Å². The van der Waals surface area contributed by atoms with Crippen molar-refractivity contribution in [3.63, 3.8) is 0 Å². The summed E-state index contributed by atoms with van der Waals surface area (Å²) in [5, 5.41) is 15.4. The Labute approximate surface area is 131 Å². The van der Waals surface area contributed by atoms with Crippen LogP contribution in [0.4, 0.5) is 0 Å². The van der Waals surface area contributed by atoms with Crippen LogP contribution in [0.15, 0.2) is 29.4 Å². The highest BCUT2D eigenvalue weighted by atomic mass is 32.2. The zero-order chi connectivity index (χ0) is 15.1. The number of rotatable bonds is 6. The van der Waals surface area contributed by atoms with Crippen molar-refractivity contribution in [1.82, 2.24) is 5.32 Å². The van der Waals surface area contributed by atoms with Crippen LogP contribution in [0.25, 0.3) is 0 Å². The molecule has 2 rings (SSSR count). The molecule has 4 N–H and O–H groups in total. The van der Waals surface area contributed by atoms with Crippen LogP contribution in [0.3, 0.4) is 0 Å². The quantitative estimate of drug-likeness (QED) is 0.327. The topological polar surface area (TPSA) is 70.6 Å². The highest BCUT2D eigenvalue weighted by Crippen LogP contribution is 2.37. The number of nitrogens with zero attached hydrogens (tertiary/aromatic N) is 1. The summed E-state index contributed by atoms with van der Waals surface area (Å²) in [4.78, 5) is 0. The van der Waals surface area contributed by atoms with Gasteiger partial charge in [-0.3, -0.25) is 0 Å². The number of hydrogen-bond donors (Lipinski definition) is 3. The standard InChI is InChI=1S/C16H25N3OS/c1-21-16(8-3-2-4-9-16)12-18-11-13-6-5-7-14(10-13)15(17)19-20/h5-7,10,18,20H,2-4,8-9,11-12H2,1H3,(H2,17,19). The fraction of sp³-hybridized carbons (Fsp3) is 0.562. The largest absolute Gasteiger partial charge is 0.409 e. The number of benzene rings is 1. The molecule has 4 nitrogen and oxygen atoms in total. The van der Waals surface area contributed by atoms with E-state index in [1.807, 2.05) is 30.0 Å². The first-order valence-electron chi connectivity index (χ1n) is 7.52. The SMILES string of the molecule is CSC1(CNCc2cccc(/C(N)=N/O)c2)CCCCC1. The average Bonchev–Trinajstić information content (AvgIpc) is 2.55. The molecule has 0 amide bonds. The van der Waals surface area contributed by atoms with Crippen LogP contribution in [-0.2, 0) is 6.54 Å². The number of oxime groups is 1. The second-order valence-electron chi connectivity index (χ2n) is 5.74. The molecule has 0 unspecified atom stereocenters. The molecule has 0 aromatic heterocycles. The van der Waals surface area contributed by atoms with E-state index in [1.54, 1.807) is 0 Å². The molecule has 1 aromatic rings. The average molecular weight is 307 g/mol. The van der Waals surface area contributed by atoms with Gasteiger partial charge < -0.3 is 16.3 Å². The van der Waals surface area contributed by atoms with Crippen LogP contribution >= 0.6 is 11.8 Å². The van der Waals surface area contributed by atoms with Crippen molar-refractivity contribution >= 4 is 17.6 Å². The Morgan fingerprint density at radius 2 is 2.14 bits per heavy atom. The second kappa shape index (κ2) is 7.71. The van der Waals surface area contributed by atoms with Gasteiger partial charge in [0.15, 0.2) is 5.84 Å². The summed E-state index contributed by atoms with van der Waals surface area (Å²) in [6, 6.07) is 7.82. The minimum Gasteiger partial charge on any atom is -0.409 e. The van der Waals surface area contributed by atoms with E-state index in [0.29, 0.717) is 4.75 Å². The monoisotopic (exact) mass is 307 g/mol. The summed E-state index contributed by atoms with van der Waals surface area (Å²) >= 11 is 2.01. The number of nitrogens with two attached hydrogens (primary N) is 1. The molecule has 1 saturated carbocycles. The van der Waals surface area contributed by atoms with Gasteiger partial charge in [-0.1, -0.05) is 42.6 Å². The molecule has 21 heavy (non-hydrogen) atoms. The lowest BCUT2D eigenvalue weighted by Gasteiger charge is -2.36. The minimum absolute atomic E-state index is 0.157. The molecule has 1 fully saturated rings. The Morgan fingerprint density at radius 3 is 2.81 bits per heavy atom. The molecule has 0 bridgehead atoms. The first kappa shape index (κ1) is 16.2. The van der Waals surface area contributed by atoms with E-state index in [2.05, 4.69) is 22.8 Å². The van der Waals surface area contributed by atoms with Crippen molar-refractivity contribution in [2.75, 3.05) is 12.8 Å². The lowest BCUT2D eigenvalue weighted by molar-refractivity contribution is 0.318. The summed E-state index contributed by atoms with van der Waals surface area (Å²) in [7, 11) is 0. The van der Waals surface area contributed by atoms with E-state index < -0.39 is 0 Å². The Balaban J connectivity index is 1.91. The van der Waals surface area contributed by atoms with Gasteiger partial charge in [0.05, 0.1) is 0 Å². The summed E-state index contributed by atoms with van der Waals surface area (Å²) in [5.74, 6) is 0.157. The lowest BCUT2D eigenvalue weighted by Crippen LogP contribution is -2.39. The van der Waals surface area contributed by atoms with E-state index in [9.17, 15) is 0 Å². The molecule has 0 aliphatic heterocycles. The molecule has 0 radical (unpaired) electrons. The van der Waals surface area contributed by atoms with Gasteiger partial charge in [-0.05, 0) is 30.7 Å². The summed E-state index contributed by atoms with van der Waals surface area (Å²) < 4.78 is 0.404. The fourth-order valence-electron chi connectivity index (χ4n) is 2.98. The highest BCUT2D eigenvalue weighted by molar-refractivity contribution is 8.00. The molecular weight excluding hydrogens is 282 g/mol. The summed E-state index contributed by atoms with van der Waals surface area (Å²) in [5.41, 5.74) is 7.54. The Morgan fingerprint density at radius 1 is 1.38 bits per heavy atom. The van der Waals surface area contributed by atoms with Gasteiger partial charge >= 0.3 is 0 Å².